The molecule has 1 aromatic heterocycles. The molecule has 0 bridgehead atoms. The average molecular weight is 322 g/mol. The molecular weight excluding hydrogens is 296 g/mol. The molecule has 0 saturated carbocycles. The molecule has 0 aliphatic carbocycles. The first kappa shape index (κ1) is 15.9. The Balaban J connectivity index is 1.57. The number of thioether (sulfide) groups is 1. The summed E-state index contributed by atoms with van der Waals surface area (Å²) in [5.41, 5.74) is 1.18. The number of amides is 1. The lowest BCUT2D eigenvalue weighted by Crippen LogP contribution is -2.56. The van der Waals surface area contributed by atoms with E-state index in [1.165, 1.54) is 5.69 Å². The van der Waals surface area contributed by atoms with Gasteiger partial charge in [-0.1, -0.05) is 0 Å². The van der Waals surface area contributed by atoms with Crippen molar-refractivity contribution in [3.63, 3.8) is 0 Å². The van der Waals surface area contributed by atoms with E-state index in [1.807, 2.05) is 18.0 Å². The van der Waals surface area contributed by atoms with Gasteiger partial charge in [0.05, 0.1) is 6.33 Å². The molecule has 2 saturated heterocycles. The highest BCUT2D eigenvalue weighted by molar-refractivity contribution is 7.98. The number of carbonyl (C=O) groups excluding carboxylic acids is 1. The van der Waals surface area contributed by atoms with E-state index in [-0.39, 0.29) is 0 Å². The number of hydrogen-bond acceptors (Lipinski definition) is 4. The molecule has 0 spiro atoms. The summed E-state index contributed by atoms with van der Waals surface area (Å²) in [7, 11) is 0. The second kappa shape index (κ2) is 7.51. The van der Waals surface area contributed by atoms with Gasteiger partial charge in [0.1, 0.15) is 0 Å². The van der Waals surface area contributed by atoms with Gasteiger partial charge < -0.3 is 9.88 Å². The van der Waals surface area contributed by atoms with Gasteiger partial charge >= 0.3 is 0 Å². The minimum atomic E-state index is 0.379. The van der Waals surface area contributed by atoms with Crippen molar-refractivity contribution in [1.82, 2.24) is 19.8 Å². The van der Waals surface area contributed by atoms with Crippen LogP contribution in [0, 0.1) is 5.92 Å². The number of rotatable bonds is 6. The van der Waals surface area contributed by atoms with Crippen molar-refractivity contribution in [3.8, 4) is 0 Å². The van der Waals surface area contributed by atoms with Crippen LogP contribution in [0.1, 0.15) is 31.4 Å². The van der Waals surface area contributed by atoms with Crippen LogP contribution in [0.25, 0.3) is 0 Å². The van der Waals surface area contributed by atoms with E-state index < -0.39 is 0 Å². The smallest absolute Gasteiger partial charge is 0.222 e. The fraction of sp³-hybridized carbons (Fsp3) is 0.750. The molecule has 1 amide bonds. The maximum Gasteiger partial charge on any atom is 0.222 e. The summed E-state index contributed by atoms with van der Waals surface area (Å²) in [5.74, 6) is 2.17. The van der Waals surface area contributed by atoms with E-state index in [9.17, 15) is 4.79 Å². The molecule has 5 nitrogen and oxygen atoms in total. The van der Waals surface area contributed by atoms with Crippen LogP contribution in [0.3, 0.4) is 0 Å². The van der Waals surface area contributed by atoms with Crippen molar-refractivity contribution in [2.24, 2.45) is 5.92 Å². The highest BCUT2D eigenvalue weighted by atomic mass is 32.2. The number of carbonyl (C=O) groups is 1. The van der Waals surface area contributed by atoms with Gasteiger partial charge in [-0.3, -0.25) is 9.69 Å². The number of nitrogens with one attached hydrogen (secondary N) is 1. The van der Waals surface area contributed by atoms with E-state index in [0.29, 0.717) is 17.9 Å². The van der Waals surface area contributed by atoms with E-state index >= 15 is 0 Å². The zero-order valence-corrected chi connectivity index (χ0v) is 14.1. The van der Waals surface area contributed by atoms with Gasteiger partial charge in [0, 0.05) is 50.5 Å². The van der Waals surface area contributed by atoms with Crippen molar-refractivity contribution in [2.75, 3.05) is 31.6 Å². The molecule has 3 rings (SSSR count). The van der Waals surface area contributed by atoms with Crippen LogP contribution in [0.2, 0.25) is 0 Å². The number of H-pyrrole nitrogens is 1. The van der Waals surface area contributed by atoms with Gasteiger partial charge in [-0.05, 0) is 37.2 Å². The predicted molar refractivity (Wildman–Crippen MR) is 89.7 cm³/mol. The van der Waals surface area contributed by atoms with Crippen LogP contribution in [0.15, 0.2) is 12.5 Å². The average Bonchev–Trinajstić information content (AvgIpc) is 3.02. The molecule has 1 aromatic rings. The van der Waals surface area contributed by atoms with Crippen LogP contribution in [0.5, 0.6) is 0 Å². The minimum Gasteiger partial charge on any atom is -0.347 e. The standard InChI is InChI=1S/C16H26N4OS/c1-22-8-2-6-20-15-5-7-19(11-14-9-17-12-18-14)10-13(15)3-4-16(20)21/h9,12-13,15H,2-8,10-11H2,1H3,(H,17,18). The Labute approximate surface area is 136 Å². The highest BCUT2D eigenvalue weighted by Gasteiger charge is 2.38. The van der Waals surface area contributed by atoms with Crippen molar-refractivity contribution in [2.45, 2.75) is 38.3 Å². The van der Waals surface area contributed by atoms with E-state index in [2.05, 4.69) is 26.0 Å². The Morgan fingerprint density at radius 1 is 1.45 bits per heavy atom. The number of fused-ring (bicyclic) bond motifs is 1. The molecule has 22 heavy (non-hydrogen) atoms. The molecule has 1 N–H and O–H groups in total. The summed E-state index contributed by atoms with van der Waals surface area (Å²) in [5, 5.41) is 0. The van der Waals surface area contributed by atoms with Crippen LogP contribution >= 0.6 is 11.8 Å². The van der Waals surface area contributed by atoms with Gasteiger partial charge in [0.2, 0.25) is 5.91 Å². The maximum atomic E-state index is 12.3. The summed E-state index contributed by atoms with van der Waals surface area (Å²) in [4.78, 5) is 24.3. The molecule has 122 valence electrons. The van der Waals surface area contributed by atoms with Crippen LogP contribution in [-0.2, 0) is 11.3 Å². The summed E-state index contributed by atoms with van der Waals surface area (Å²) in [6, 6.07) is 0.473. The second-order valence-corrected chi connectivity index (χ2v) is 7.39. The van der Waals surface area contributed by atoms with Crippen LogP contribution in [-0.4, -0.2) is 63.4 Å². The molecular formula is C16H26N4OS. The quantitative estimate of drug-likeness (QED) is 0.814. The fourth-order valence-corrected chi connectivity index (χ4v) is 4.27. The third-order valence-corrected chi connectivity index (χ3v) is 5.62. The SMILES string of the molecule is CSCCCN1C(=O)CCC2CN(Cc3cnc[nH]3)CCC21. The van der Waals surface area contributed by atoms with Crippen LogP contribution < -0.4 is 0 Å². The van der Waals surface area contributed by atoms with Gasteiger partial charge in [-0.25, -0.2) is 4.98 Å². The normalized spacial score (nSPS) is 26.2. The van der Waals surface area contributed by atoms with E-state index in [4.69, 9.17) is 0 Å². The third kappa shape index (κ3) is 3.66. The third-order valence-electron chi connectivity index (χ3n) is 4.92. The first-order valence-corrected chi connectivity index (χ1v) is 9.65. The lowest BCUT2D eigenvalue weighted by atomic mass is 9.83. The summed E-state index contributed by atoms with van der Waals surface area (Å²) in [6.45, 7) is 4.08. The number of imidazole rings is 1. The summed E-state index contributed by atoms with van der Waals surface area (Å²) >= 11 is 1.87. The largest absolute Gasteiger partial charge is 0.347 e. The Morgan fingerprint density at radius 3 is 3.14 bits per heavy atom. The maximum absolute atomic E-state index is 12.3. The predicted octanol–water partition coefficient (Wildman–Crippen LogP) is 1.98. The number of aromatic amines is 1. The first-order valence-electron chi connectivity index (χ1n) is 8.26. The van der Waals surface area contributed by atoms with Crippen molar-refractivity contribution < 1.29 is 4.79 Å². The number of hydrogen-bond donors (Lipinski definition) is 1. The summed E-state index contributed by atoms with van der Waals surface area (Å²) in [6.07, 6.45) is 9.81. The molecule has 2 aliphatic heterocycles. The Bertz CT molecular complexity index is 479. The Hall–Kier alpha value is -1.01. The zero-order valence-electron chi connectivity index (χ0n) is 13.3. The molecule has 3 heterocycles. The Morgan fingerprint density at radius 2 is 2.36 bits per heavy atom. The van der Waals surface area contributed by atoms with Gasteiger partial charge in [0.15, 0.2) is 0 Å². The minimum absolute atomic E-state index is 0.379. The van der Waals surface area contributed by atoms with Crippen LogP contribution in [0.4, 0.5) is 0 Å². The zero-order chi connectivity index (χ0) is 15.4. The Kier molecular flexibility index (Phi) is 5.41. The van der Waals surface area contributed by atoms with Crippen molar-refractivity contribution in [3.05, 3.63) is 18.2 Å². The molecule has 2 unspecified atom stereocenters. The molecule has 0 aromatic carbocycles. The molecule has 2 atom stereocenters. The molecule has 2 fully saturated rings. The lowest BCUT2D eigenvalue weighted by molar-refractivity contribution is -0.141. The van der Waals surface area contributed by atoms with Crippen molar-refractivity contribution in [1.29, 1.82) is 0 Å². The van der Waals surface area contributed by atoms with Crippen molar-refractivity contribution >= 4 is 17.7 Å². The van der Waals surface area contributed by atoms with Gasteiger partial charge in [0.25, 0.3) is 0 Å². The number of nitrogens with zero attached hydrogens (tertiary/aromatic N) is 3. The van der Waals surface area contributed by atoms with E-state index in [0.717, 1.165) is 57.6 Å². The van der Waals surface area contributed by atoms with E-state index in [1.54, 1.807) is 6.33 Å². The first-order chi connectivity index (χ1) is 10.8. The van der Waals surface area contributed by atoms with Gasteiger partial charge in [-0.2, -0.15) is 11.8 Å². The molecule has 6 heteroatoms. The highest BCUT2D eigenvalue weighted by Crippen LogP contribution is 2.31. The fourth-order valence-electron chi connectivity index (χ4n) is 3.85. The number of aromatic nitrogens is 2. The number of piperidine rings is 2. The molecule has 2 aliphatic rings. The lowest BCUT2D eigenvalue weighted by Gasteiger charge is -2.47. The van der Waals surface area contributed by atoms with Gasteiger partial charge in [-0.15, -0.1) is 0 Å². The second-order valence-electron chi connectivity index (χ2n) is 6.40. The monoisotopic (exact) mass is 322 g/mol. The number of likely N-dealkylation sites (tertiary alicyclic amines) is 2. The topological polar surface area (TPSA) is 52.2 Å². The summed E-state index contributed by atoms with van der Waals surface area (Å²) < 4.78 is 0. The molecule has 0 radical (unpaired) electrons.